The van der Waals surface area contributed by atoms with Crippen molar-refractivity contribution in [2.75, 3.05) is 20.7 Å². The first kappa shape index (κ1) is 32.2. The van der Waals surface area contributed by atoms with Crippen molar-refractivity contribution in [3.63, 3.8) is 0 Å². The van der Waals surface area contributed by atoms with Crippen LogP contribution < -0.4 is 0 Å². The summed E-state index contributed by atoms with van der Waals surface area (Å²) in [6.07, 6.45) is 31.9. The minimum atomic E-state index is -0.0403. The highest BCUT2D eigenvalue weighted by Crippen LogP contribution is 2.17. The molecule has 0 saturated heterocycles. The molecule has 1 unspecified atom stereocenters. The highest BCUT2D eigenvalue weighted by atomic mass is 16.5. The lowest BCUT2D eigenvalue weighted by Crippen LogP contribution is -2.27. The summed E-state index contributed by atoms with van der Waals surface area (Å²) >= 11 is 0. The van der Waals surface area contributed by atoms with Crippen LogP contribution in [0.3, 0.4) is 0 Å². The predicted octanol–water partition coefficient (Wildman–Crippen LogP) is 9.25. The number of nitrogens with zero attached hydrogens (tertiary/aromatic N) is 1. The molecule has 0 aliphatic heterocycles. The van der Waals surface area contributed by atoms with E-state index in [0.717, 1.165) is 18.9 Å². The van der Waals surface area contributed by atoms with Crippen molar-refractivity contribution >= 4 is 5.97 Å². The summed E-state index contributed by atoms with van der Waals surface area (Å²) in [5, 5.41) is 0. The van der Waals surface area contributed by atoms with E-state index in [4.69, 9.17) is 4.74 Å². The lowest BCUT2D eigenvalue weighted by atomic mass is 9.99. The van der Waals surface area contributed by atoms with Gasteiger partial charge in [-0.15, -0.1) is 0 Å². The Kier molecular flexibility index (Phi) is 25.1. The molecule has 196 valence electrons. The fourth-order valence-corrected chi connectivity index (χ4v) is 4.52. The number of carbonyl (C=O) groups excluding carboxylic acids is 1. The average molecular weight is 466 g/mol. The van der Waals surface area contributed by atoms with E-state index in [1.165, 1.54) is 116 Å². The molecule has 0 aliphatic rings. The Bertz CT molecular complexity index is 433. The Morgan fingerprint density at radius 1 is 0.667 bits per heavy atom. The van der Waals surface area contributed by atoms with Gasteiger partial charge in [-0.05, 0) is 66.0 Å². The van der Waals surface area contributed by atoms with Crippen LogP contribution in [0.2, 0.25) is 0 Å². The number of rotatable bonds is 25. The molecule has 0 bridgehead atoms. The zero-order valence-electron chi connectivity index (χ0n) is 23.1. The summed E-state index contributed by atoms with van der Waals surface area (Å²) in [5.74, 6) is -0.0403. The molecular formula is C30H59NO2. The highest BCUT2D eigenvalue weighted by molar-refractivity contribution is 5.69. The van der Waals surface area contributed by atoms with Gasteiger partial charge >= 0.3 is 5.97 Å². The standard InChI is InChI=1S/C30H59NO2/c1-5-7-8-9-17-20-23-26-29(31(3)4)27-24-21-18-15-13-11-10-12-14-16-19-22-25-28-30(32)33-6-2/h10-11,29H,5-9,12-28H2,1-4H3/b11-10-. The molecule has 0 heterocycles. The van der Waals surface area contributed by atoms with Crippen LogP contribution in [0.5, 0.6) is 0 Å². The number of carbonyl (C=O) groups is 1. The van der Waals surface area contributed by atoms with E-state index in [1.807, 2.05) is 6.92 Å². The van der Waals surface area contributed by atoms with Crippen LogP contribution in [-0.2, 0) is 9.53 Å². The van der Waals surface area contributed by atoms with Crippen LogP contribution in [0, 0.1) is 0 Å². The fraction of sp³-hybridized carbons (Fsp3) is 0.900. The molecule has 0 aromatic rings. The highest BCUT2D eigenvalue weighted by Gasteiger charge is 2.10. The van der Waals surface area contributed by atoms with E-state index in [-0.39, 0.29) is 5.97 Å². The van der Waals surface area contributed by atoms with Gasteiger partial charge in [0.2, 0.25) is 0 Å². The van der Waals surface area contributed by atoms with Crippen molar-refractivity contribution in [2.24, 2.45) is 0 Å². The second-order valence-electron chi connectivity index (χ2n) is 10.1. The zero-order valence-corrected chi connectivity index (χ0v) is 23.1. The molecule has 1 atom stereocenters. The van der Waals surface area contributed by atoms with E-state index in [1.54, 1.807) is 0 Å². The van der Waals surface area contributed by atoms with Crippen molar-refractivity contribution in [3.8, 4) is 0 Å². The van der Waals surface area contributed by atoms with Crippen molar-refractivity contribution in [1.29, 1.82) is 0 Å². The van der Waals surface area contributed by atoms with E-state index in [9.17, 15) is 4.79 Å². The molecule has 0 aliphatic carbocycles. The maximum atomic E-state index is 11.3. The number of esters is 1. The molecule has 0 aromatic heterocycles. The summed E-state index contributed by atoms with van der Waals surface area (Å²) in [4.78, 5) is 13.7. The number of ether oxygens (including phenoxy) is 1. The molecule has 0 radical (unpaired) electrons. The second-order valence-corrected chi connectivity index (χ2v) is 10.1. The number of hydrogen-bond donors (Lipinski definition) is 0. The molecular weight excluding hydrogens is 406 g/mol. The average Bonchev–Trinajstić information content (AvgIpc) is 2.79. The van der Waals surface area contributed by atoms with Gasteiger partial charge in [-0.2, -0.15) is 0 Å². The lowest BCUT2D eigenvalue weighted by Gasteiger charge is -2.24. The molecule has 0 aromatic carbocycles. The van der Waals surface area contributed by atoms with E-state index < -0.39 is 0 Å². The number of hydrogen-bond acceptors (Lipinski definition) is 3. The van der Waals surface area contributed by atoms with Crippen LogP contribution in [0.25, 0.3) is 0 Å². The molecule has 0 amide bonds. The van der Waals surface area contributed by atoms with Gasteiger partial charge in [0.15, 0.2) is 0 Å². The van der Waals surface area contributed by atoms with Crippen LogP contribution in [0.1, 0.15) is 149 Å². The van der Waals surface area contributed by atoms with Crippen molar-refractivity contribution in [2.45, 2.75) is 155 Å². The monoisotopic (exact) mass is 465 g/mol. The maximum Gasteiger partial charge on any atom is 0.305 e. The predicted molar refractivity (Wildman–Crippen MR) is 146 cm³/mol. The molecule has 3 heteroatoms. The summed E-state index contributed by atoms with van der Waals surface area (Å²) in [6.45, 7) is 4.66. The van der Waals surface area contributed by atoms with Crippen molar-refractivity contribution in [1.82, 2.24) is 4.90 Å². The molecule has 0 N–H and O–H groups in total. The summed E-state index contributed by atoms with van der Waals surface area (Å²) in [7, 11) is 4.53. The molecule has 0 spiro atoms. The fourth-order valence-electron chi connectivity index (χ4n) is 4.52. The number of allylic oxidation sites excluding steroid dienone is 2. The van der Waals surface area contributed by atoms with Gasteiger partial charge in [0.05, 0.1) is 6.61 Å². The Morgan fingerprint density at radius 2 is 1.12 bits per heavy atom. The summed E-state index contributed by atoms with van der Waals surface area (Å²) in [5.41, 5.74) is 0. The summed E-state index contributed by atoms with van der Waals surface area (Å²) < 4.78 is 4.96. The quantitative estimate of drug-likeness (QED) is 0.0764. The van der Waals surface area contributed by atoms with Crippen LogP contribution in [-0.4, -0.2) is 37.6 Å². The Hall–Kier alpha value is -0.830. The van der Waals surface area contributed by atoms with E-state index >= 15 is 0 Å². The first-order valence-electron chi connectivity index (χ1n) is 14.6. The first-order chi connectivity index (χ1) is 16.1. The van der Waals surface area contributed by atoms with Gasteiger partial charge in [0.25, 0.3) is 0 Å². The van der Waals surface area contributed by atoms with Crippen LogP contribution in [0.15, 0.2) is 12.2 Å². The largest absolute Gasteiger partial charge is 0.466 e. The van der Waals surface area contributed by atoms with Crippen LogP contribution in [0.4, 0.5) is 0 Å². The minimum Gasteiger partial charge on any atom is -0.466 e. The van der Waals surface area contributed by atoms with E-state index in [0.29, 0.717) is 13.0 Å². The van der Waals surface area contributed by atoms with Gasteiger partial charge in [0, 0.05) is 12.5 Å². The smallest absolute Gasteiger partial charge is 0.305 e. The minimum absolute atomic E-state index is 0.0403. The first-order valence-corrected chi connectivity index (χ1v) is 14.6. The molecule has 0 saturated carbocycles. The van der Waals surface area contributed by atoms with Gasteiger partial charge in [-0.1, -0.05) is 103 Å². The Labute approximate surface area is 208 Å². The van der Waals surface area contributed by atoms with Gasteiger partial charge in [0.1, 0.15) is 0 Å². The third-order valence-electron chi connectivity index (χ3n) is 6.75. The summed E-state index contributed by atoms with van der Waals surface area (Å²) in [6, 6.07) is 0.783. The van der Waals surface area contributed by atoms with Gasteiger partial charge < -0.3 is 9.64 Å². The van der Waals surface area contributed by atoms with Crippen molar-refractivity contribution in [3.05, 3.63) is 12.2 Å². The Morgan fingerprint density at radius 3 is 1.61 bits per heavy atom. The van der Waals surface area contributed by atoms with Crippen LogP contribution >= 0.6 is 0 Å². The molecule has 33 heavy (non-hydrogen) atoms. The third-order valence-corrected chi connectivity index (χ3v) is 6.75. The lowest BCUT2D eigenvalue weighted by molar-refractivity contribution is -0.143. The third kappa shape index (κ3) is 24.1. The maximum absolute atomic E-state index is 11.3. The molecule has 0 fully saturated rings. The van der Waals surface area contributed by atoms with E-state index in [2.05, 4.69) is 38.1 Å². The zero-order chi connectivity index (χ0) is 24.4. The topological polar surface area (TPSA) is 29.5 Å². The second kappa shape index (κ2) is 25.8. The molecule has 3 nitrogen and oxygen atoms in total. The Balaban J connectivity index is 3.47. The van der Waals surface area contributed by atoms with Gasteiger partial charge in [-0.3, -0.25) is 4.79 Å². The van der Waals surface area contributed by atoms with Gasteiger partial charge in [-0.25, -0.2) is 0 Å². The normalized spacial score (nSPS) is 12.6. The molecule has 0 rings (SSSR count). The number of unbranched alkanes of at least 4 members (excludes halogenated alkanes) is 15. The SMILES string of the molecule is CCCCCCCCCC(CCCCCC/C=C\CCCCCCCC(=O)OCC)N(C)C. The van der Waals surface area contributed by atoms with Crippen molar-refractivity contribution < 1.29 is 9.53 Å².